The number of unbranched alkanes of at least 4 members (excludes halogenated alkanes) is 3. The van der Waals surface area contributed by atoms with E-state index in [-0.39, 0.29) is 12.6 Å². The fraction of sp³-hybridized carbons (Fsp3) is 0.474. The third kappa shape index (κ3) is 5.82. The highest BCUT2D eigenvalue weighted by Crippen LogP contribution is 2.37. The summed E-state index contributed by atoms with van der Waals surface area (Å²) in [6.45, 7) is 4.64. The molecule has 0 aliphatic rings. The van der Waals surface area contributed by atoms with Gasteiger partial charge in [-0.2, -0.15) is 18.2 Å². The number of ether oxygens (including phenoxy) is 1. The van der Waals surface area contributed by atoms with Gasteiger partial charge in [-0.25, -0.2) is 4.98 Å². The molecule has 27 heavy (non-hydrogen) atoms. The molecule has 1 aromatic heterocycles. The lowest BCUT2D eigenvalue weighted by molar-refractivity contribution is -0.139. The van der Waals surface area contributed by atoms with E-state index in [1.807, 2.05) is 31.2 Å². The summed E-state index contributed by atoms with van der Waals surface area (Å²) in [7, 11) is 0. The number of hydrogen-bond acceptors (Lipinski definition) is 4. The summed E-state index contributed by atoms with van der Waals surface area (Å²) in [6, 6.07) is 7.41. The van der Waals surface area contributed by atoms with E-state index in [1.165, 1.54) is 0 Å². The Morgan fingerprint density at radius 2 is 1.85 bits per heavy atom. The molecule has 0 spiro atoms. The highest BCUT2D eigenvalue weighted by atomic mass is 79.9. The van der Waals surface area contributed by atoms with Gasteiger partial charge in [0.05, 0.1) is 12.3 Å². The number of alkyl halides is 3. The Labute approximate surface area is 165 Å². The Morgan fingerprint density at radius 1 is 1.11 bits per heavy atom. The van der Waals surface area contributed by atoms with Crippen LogP contribution in [-0.2, 0) is 6.18 Å². The van der Waals surface area contributed by atoms with Gasteiger partial charge in [-0.3, -0.25) is 0 Å². The lowest BCUT2D eigenvalue weighted by Gasteiger charge is -2.23. The number of para-hydroxylation sites is 1. The molecule has 8 heteroatoms. The molecule has 148 valence electrons. The Kier molecular flexibility index (Phi) is 7.89. The van der Waals surface area contributed by atoms with Gasteiger partial charge in [0.25, 0.3) is 0 Å². The number of nitrogens with zero attached hydrogens (tertiary/aromatic N) is 3. The molecule has 0 fully saturated rings. The smallest absolute Gasteiger partial charge is 0.423 e. The van der Waals surface area contributed by atoms with Crippen molar-refractivity contribution in [3.63, 3.8) is 0 Å². The van der Waals surface area contributed by atoms with Crippen molar-refractivity contribution in [1.82, 2.24) is 9.97 Å². The van der Waals surface area contributed by atoms with Gasteiger partial charge in [-0.15, -0.1) is 0 Å². The summed E-state index contributed by atoms with van der Waals surface area (Å²) in [5.41, 5.74) is -0.182. The molecule has 0 saturated heterocycles. The van der Waals surface area contributed by atoms with Crippen LogP contribution in [-0.4, -0.2) is 23.1 Å². The van der Waals surface area contributed by atoms with Gasteiger partial charge in [-0.05, 0) is 41.4 Å². The maximum Gasteiger partial charge on any atom is 0.423 e. The minimum absolute atomic E-state index is 0.168. The molecule has 0 amide bonds. The topological polar surface area (TPSA) is 38.2 Å². The predicted molar refractivity (Wildman–Crippen MR) is 103 cm³/mol. The number of aromatic nitrogens is 2. The van der Waals surface area contributed by atoms with Crippen molar-refractivity contribution in [3.8, 4) is 5.88 Å². The zero-order chi connectivity index (χ0) is 19.9. The van der Waals surface area contributed by atoms with Crippen molar-refractivity contribution in [3.05, 3.63) is 40.5 Å². The first-order valence-electron chi connectivity index (χ1n) is 8.97. The Hall–Kier alpha value is -1.83. The molecular weight excluding hydrogens is 423 g/mol. The summed E-state index contributed by atoms with van der Waals surface area (Å²) in [5, 5.41) is 0. The molecule has 0 saturated carbocycles. The average Bonchev–Trinajstić information content (AvgIpc) is 2.63. The number of hydrogen-bond donors (Lipinski definition) is 0. The van der Waals surface area contributed by atoms with Gasteiger partial charge in [-0.1, -0.05) is 38.3 Å². The van der Waals surface area contributed by atoms with Gasteiger partial charge in [0.2, 0.25) is 11.8 Å². The first-order valence-corrected chi connectivity index (χ1v) is 9.76. The minimum atomic E-state index is -4.57. The molecule has 0 N–H and O–H groups in total. The van der Waals surface area contributed by atoms with Crippen molar-refractivity contribution < 1.29 is 17.9 Å². The van der Waals surface area contributed by atoms with E-state index in [0.717, 1.165) is 35.6 Å². The molecule has 2 rings (SSSR count). The maximum absolute atomic E-state index is 13.3. The molecule has 0 aliphatic heterocycles. The molecule has 4 nitrogen and oxygen atoms in total. The lowest BCUT2D eigenvalue weighted by atomic mass is 10.2. The van der Waals surface area contributed by atoms with Crippen LogP contribution >= 0.6 is 15.9 Å². The maximum atomic E-state index is 13.3. The van der Waals surface area contributed by atoms with E-state index < -0.39 is 17.6 Å². The molecule has 0 radical (unpaired) electrons. The van der Waals surface area contributed by atoms with Crippen LogP contribution in [0.15, 0.2) is 34.9 Å². The van der Waals surface area contributed by atoms with E-state index >= 15 is 0 Å². The molecule has 2 aromatic rings. The second kappa shape index (κ2) is 9.92. The number of anilines is 2. The van der Waals surface area contributed by atoms with Crippen molar-refractivity contribution >= 4 is 27.6 Å². The van der Waals surface area contributed by atoms with E-state index in [4.69, 9.17) is 4.74 Å². The monoisotopic (exact) mass is 445 g/mol. The summed E-state index contributed by atoms with van der Waals surface area (Å²) < 4.78 is 46.1. The van der Waals surface area contributed by atoms with Crippen LogP contribution in [0, 0.1) is 0 Å². The van der Waals surface area contributed by atoms with Crippen LogP contribution in [0.1, 0.15) is 45.1 Å². The Morgan fingerprint density at radius 3 is 2.48 bits per heavy atom. The zero-order valence-corrected chi connectivity index (χ0v) is 17.0. The van der Waals surface area contributed by atoms with Crippen molar-refractivity contribution in [2.45, 2.75) is 45.7 Å². The molecule has 0 unspecified atom stereocenters. The first kappa shape index (κ1) is 21.5. The quantitative estimate of drug-likeness (QED) is 0.420. The molecule has 0 atom stereocenters. The van der Waals surface area contributed by atoms with Crippen LogP contribution in [0.2, 0.25) is 0 Å². The van der Waals surface area contributed by atoms with Crippen LogP contribution in [0.3, 0.4) is 0 Å². The largest absolute Gasteiger partial charge is 0.477 e. The summed E-state index contributed by atoms with van der Waals surface area (Å²) in [4.78, 5) is 9.77. The molecule has 1 aromatic carbocycles. The summed E-state index contributed by atoms with van der Waals surface area (Å²) in [6.07, 6.45) is -0.107. The fourth-order valence-electron chi connectivity index (χ4n) is 2.58. The Balaban J connectivity index is 2.31. The van der Waals surface area contributed by atoms with E-state index in [9.17, 15) is 13.2 Å². The second-order valence-corrected chi connectivity index (χ2v) is 6.85. The minimum Gasteiger partial charge on any atom is -0.477 e. The predicted octanol–water partition coefficient (Wildman–Crippen LogP) is 6.38. The SMILES string of the molecule is CCCCCCOc1nc(N(CC)c2ccccc2Br)ncc1C(F)(F)F. The second-order valence-electron chi connectivity index (χ2n) is 5.99. The van der Waals surface area contributed by atoms with E-state index in [2.05, 4.69) is 32.8 Å². The van der Waals surface area contributed by atoms with Crippen LogP contribution in [0.4, 0.5) is 24.8 Å². The fourth-order valence-corrected chi connectivity index (χ4v) is 3.08. The van der Waals surface area contributed by atoms with Crippen molar-refractivity contribution in [1.29, 1.82) is 0 Å². The molecule has 0 bridgehead atoms. The highest BCUT2D eigenvalue weighted by molar-refractivity contribution is 9.10. The van der Waals surface area contributed by atoms with Crippen LogP contribution < -0.4 is 9.64 Å². The number of rotatable bonds is 9. The van der Waals surface area contributed by atoms with Gasteiger partial charge in [0.1, 0.15) is 5.56 Å². The van der Waals surface area contributed by atoms with Crippen molar-refractivity contribution in [2.75, 3.05) is 18.1 Å². The van der Waals surface area contributed by atoms with Gasteiger partial charge in [0, 0.05) is 17.2 Å². The van der Waals surface area contributed by atoms with Crippen LogP contribution in [0.5, 0.6) is 5.88 Å². The van der Waals surface area contributed by atoms with Gasteiger partial charge < -0.3 is 9.64 Å². The first-order chi connectivity index (χ1) is 12.9. The number of halogens is 4. The summed E-state index contributed by atoms with van der Waals surface area (Å²) in [5.74, 6) is -0.254. The van der Waals surface area contributed by atoms with Gasteiger partial charge >= 0.3 is 6.18 Å². The third-order valence-corrected chi connectivity index (χ3v) is 4.65. The van der Waals surface area contributed by atoms with Gasteiger partial charge in [0.15, 0.2) is 0 Å². The molecule has 1 heterocycles. The Bertz CT molecular complexity index is 740. The highest BCUT2D eigenvalue weighted by Gasteiger charge is 2.36. The standard InChI is InChI=1S/C19H23BrF3N3O/c1-3-5-6-9-12-27-17-14(19(21,22)23)13-24-18(25-17)26(4-2)16-11-8-7-10-15(16)20/h7-8,10-11,13H,3-6,9,12H2,1-2H3. The van der Waals surface area contributed by atoms with E-state index in [0.29, 0.717) is 13.0 Å². The lowest BCUT2D eigenvalue weighted by Crippen LogP contribution is -2.21. The summed E-state index contributed by atoms with van der Waals surface area (Å²) >= 11 is 3.46. The third-order valence-electron chi connectivity index (χ3n) is 3.98. The number of benzene rings is 1. The van der Waals surface area contributed by atoms with Crippen molar-refractivity contribution in [2.24, 2.45) is 0 Å². The zero-order valence-electron chi connectivity index (χ0n) is 15.4. The molecule has 0 aliphatic carbocycles. The molecular formula is C19H23BrF3N3O. The normalized spacial score (nSPS) is 11.5. The van der Waals surface area contributed by atoms with E-state index in [1.54, 1.807) is 4.90 Å². The van der Waals surface area contributed by atoms with Crippen LogP contribution in [0.25, 0.3) is 0 Å². The average molecular weight is 446 g/mol.